The van der Waals surface area contributed by atoms with Crippen LogP contribution in [0.25, 0.3) is 33.6 Å². The molecule has 5 nitrogen and oxygen atoms in total. The Hall–Kier alpha value is -3.18. The first kappa shape index (κ1) is 20.2. The van der Waals surface area contributed by atoms with E-state index in [1.807, 2.05) is 6.20 Å². The number of aromatic nitrogens is 4. The zero-order chi connectivity index (χ0) is 22.5. The van der Waals surface area contributed by atoms with Gasteiger partial charge in [0.1, 0.15) is 11.6 Å². The lowest BCUT2D eigenvalue weighted by molar-refractivity contribution is 0.611. The molecule has 0 amide bonds. The van der Waals surface area contributed by atoms with Crippen LogP contribution in [0.2, 0.25) is 0 Å². The quantitative estimate of drug-likeness (QED) is 0.342. The second-order valence-corrected chi connectivity index (χ2v) is 10.2. The van der Waals surface area contributed by atoms with Crippen molar-refractivity contribution in [2.75, 3.05) is 6.54 Å². The standard InChI is InChI=1S/C29H31N5/c1-2-5-20(4-1)28-31-17-26(33-28)19-9-7-18(8-10-19)21-11-13-23-22(16-21)12-14-24-27(23)34-29(32-24)25-6-3-15-30-25/h7-11,13,16-17,20,25,30H,1-6,12,14-15H2,(H,31,33)(H,32,34)/t25-/m0/s1. The Morgan fingerprint density at radius 2 is 1.59 bits per heavy atom. The van der Waals surface area contributed by atoms with Gasteiger partial charge in [-0.15, -0.1) is 0 Å². The van der Waals surface area contributed by atoms with Crippen LogP contribution in [0.4, 0.5) is 0 Å². The van der Waals surface area contributed by atoms with E-state index >= 15 is 0 Å². The van der Waals surface area contributed by atoms with Gasteiger partial charge >= 0.3 is 0 Å². The molecule has 2 aromatic carbocycles. The van der Waals surface area contributed by atoms with E-state index < -0.39 is 0 Å². The fourth-order valence-electron chi connectivity index (χ4n) is 6.12. The number of hydrogen-bond acceptors (Lipinski definition) is 3. The van der Waals surface area contributed by atoms with E-state index in [-0.39, 0.29) is 0 Å². The Balaban J connectivity index is 1.14. The van der Waals surface area contributed by atoms with Gasteiger partial charge in [0.15, 0.2) is 0 Å². The molecule has 5 heteroatoms. The van der Waals surface area contributed by atoms with Crippen molar-refractivity contribution in [2.24, 2.45) is 0 Å². The number of nitrogens with one attached hydrogen (secondary N) is 3. The summed E-state index contributed by atoms with van der Waals surface area (Å²) in [5.74, 6) is 2.89. The first-order valence-corrected chi connectivity index (χ1v) is 12.9. The monoisotopic (exact) mass is 449 g/mol. The maximum atomic E-state index is 5.02. The number of fused-ring (bicyclic) bond motifs is 3. The number of aromatic amines is 2. The molecule has 3 aliphatic rings. The molecule has 0 unspecified atom stereocenters. The number of imidazole rings is 2. The van der Waals surface area contributed by atoms with Gasteiger partial charge in [-0.05, 0) is 67.3 Å². The van der Waals surface area contributed by atoms with Gasteiger partial charge in [-0.1, -0.05) is 55.3 Å². The summed E-state index contributed by atoms with van der Waals surface area (Å²) in [5, 5.41) is 3.57. The van der Waals surface area contributed by atoms with Crippen molar-refractivity contribution in [2.45, 2.75) is 63.3 Å². The number of H-pyrrole nitrogens is 2. The minimum atomic E-state index is 0.385. The molecule has 7 rings (SSSR count). The van der Waals surface area contributed by atoms with Crippen molar-refractivity contribution in [3.8, 4) is 33.6 Å². The van der Waals surface area contributed by atoms with Crippen LogP contribution >= 0.6 is 0 Å². The maximum Gasteiger partial charge on any atom is 0.124 e. The van der Waals surface area contributed by atoms with Gasteiger partial charge in [-0.25, -0.2) is 9.97 Å². The van der Waals surface area contributed by atoms with Gasteiger partial charge in [-0.3, -0.25) is 0 Å². The summed E-state index contributed by atoms with van der Waals surface area (Å²) in [6, 6.07) is 16.2. The topological polar surface area (TPSA) is 69.4 Å². The van der Waals surface area contributed by atoms with Crippen molar-refractivity contribution in [1.29, 1.82) is 0 Å². The van der Waals surface area contributed by atoms with Crippen molar-refractivity contribution in [3.63, 3.8) is 0 Å². The highest BCUT2D eigenvalue weighted by Gasteiger charge is 2.25. The van der Waals surface area contributed by atoms with Crippen molar-refractivity contribution < 1.29 is 0 Å². The Kier molecular flexibility index (Phi) is 4.90. The van der Waals surface area contributed by atoms with Crippen LogP contribution in [-0.2, 0) is 12.8 Å². The highest BCUT2D eigenvalue weighted by molar-refractivity contribution is 5.76. The molecule has 0 radical (unpaired) electrons. The third-order valence-corrected chi connectivity index (χ3v) is 8.06. The molecule has 1 aliphatic heterocycles. The molecule has 172 valence electrons. The molecule has 3 N–H and O–H groups in total. The molecule has 1 saturated heterocycles. The lowest BCUT2D eigenvalue weighted by Gasteiger charge is -2.16. The zero-order valence-electron chi connectivity index (χ0n) is 19.5. The summed E-state index contributed by atoms with van der Waals surface area (Å²) in [7, 11) is 0. The second-order valence-electron chi connectivity index (χ2n) is 10.2. The van der Waals surface area contributed by atoms with Crippen LogP contribution in [0.3, 0.4) is 0 Å². The second kappa shape index (κ2) is 8.24. The summed E-state index contributed by atoms with van der Waals surface area (Å²) in [4.78, 5) is 16.9. The Bertz CT molecular complexity index is 1320. The lowest BCUT2D eigenvalue weighted by atomic mass is 9.89. The summed E-state index contributed by atoms with van der Waals surface area (Å²) in [5.41, 5.74) is 10.0. The number of hydrogen-bond donors (Lipinski definition) is 3. The number of nitrogens with zero attached hydrogens (tertiary/aromatic N) is 2. The predicted molar refractivity (Wildman–Crippen MR) is 136 cm³/mol. The summed E-state index contributed by atoms with van der Waals surface area (Å²) in [6.07, 6.45) is 11.7. The first-order chi connectivity index (χ1) is 16.8. The Morgan fingerprint density at radius 1 is 0.765 bits per heavy atom. The maximum absolute atomic E-state index is 5.02. The highest BCUT2D eigenvalue weighted by Crippen LogP contribution is 2.37. The van der Waals surface area contributed by atoms with E-state index in [0.717, 1.165) is 42.4 Å². The molecule has 2 fully saturated rings. The van der Waals surface area contributed by atoms with E-state index in [9.17, 15) is 0 Å². The van der Waals surface area contributed by atoms with Crippen LogP contribution in [-0.4, -0.2) is 26.5 Å². The fraction of sp³-hybridized carbons (Fsp3) is 0.379. The minimum absolute atomic E-state index is 0.385. The van der Waals surface area contributed by atoms with E-state index in [1.54, 1.807) is 0 Å². The molecule has 1 atom stereocenters. The molecule has 2 aromatic heterocycles. The Morgan fingerprint density at radius 3 is 2.41 bits per heavy atom. The fourth-order valence-corrected chi connectivity index (χ4v) is 6.12. The van der Waals surface area contributed by atoms with Crippen LogP contribution in [0.1, 0.15) is 73.4 Å². The van der Waals surface area contributed by atoms with Crippen LogP contribution in [0, 0.1) is 0 Å². The normalized spacial score (nSPS) is 19.9. The summed E-state index contributed by atoms with van der Waals surface area (Å²) < 4.78 is 0. The average molecular weight is 450 g/mol. The zero-order valence-corrected chi connectivity index (χ0v) is 19.5. The highest BCUT2D eigenvalue weighted by atomic mass is 15.0. The van der Waals surface area contributed by atoms with E-state index in [0.29, 0.717) is 12.0 Å². The van der Waals surface area contributed by atoms with Gasteiger partial charge in [0, 0.05) is 17.2 Å². The van der Waals surface area contributed by atoms with Crippen LogP contribution in [0.5, 0.6) is 0 Å². The van der Waals surface area contributed by atoms with Gasteiger partial charge in [0.05, 0.1) is 23.6 Å². The van der Waals surface area contributed by atoms with Crippen molar-refractivity contribution in [1.82, 2.24) is 25.3 Å². The minimum Gasteiger partial charge on any atom is -0.344 e. The number of benzene rings is 2. The third-order valence-electron chi connectivity index (χ3n) is 8.06. The predicted octanol–water partition coefficient (Wildman–Crippen LogP) is 6.31. The smallest absolute Gasteiger partial charge is 0.124 e. The molecular weight excluding hydrogens is 418 g/mol. The van der Waals surface area contributed by atoms with Gasteiger partial charge in [0.2, 0.25) is 0 Å². The average Bonchev–Trinajstić information content (AvgIpc) is 3.70. The first-order valence-electron chi connectivity index (χ1n) is 12.9. The lowest BCUT2D eigenvalue weighted by Crippen LogP contribution is -2.14. The number of rotatable bonds is 4. The molecule has 34 heavy (non-hydrogen) atoms. The van der Waals surface area contributed by atoms with Crippen molar-refractivity contribution in [3.05, 3.63) is 71.6 Å². The van der Waals surface area contributed by atoms with Crippen LogP contribution < -0.4 is 5.32 Å². The summed E-state index contributed by atoms with van der Waals surface area (Å²) in [6.45, 7) is 1.09. The third kappa shape index (κ3) is 3.50. The van der Waals surface area contributed by atoms with Gasteiger partial charge in [0.25, 0.3) is 0 Å². The SMILES string of the molecule is c1cc(-c2cnc(C3CCCC3)[nH]2)ccc1-c1ccc2c(c1)CCc1[nH]c([C@@H]3CCCN3)nc1-2. The van der Waals surface area contributed by atoms with Crippen LogP contribution in [0.15, 0.2) is 48.7 Å². The van der Waals surface area contributed by atoms with Gasteiger partial charge < -0.3 is 15.3 Å². The van der Waals surface area contributed by atoms with E-state index in [1.165, 1.54) is 72.0 Å². The van der Waals surface area contributed by atoms with Gasteiger partial charge in [-0.2, -0.15) is 0 Å². The molecule has 0 spiro atoms. The number of aryl methyl sites for hydroxylation is 2. The molecule has 4 aromatic rings. The van der Waals surface area contributed by atoms with E-state index in [2.05, 4.69) is 62.7 Å². The van der Waals surface area contributed by atoms with E-state index in [4.69, 9.17) is 4.98 Å². The molecule has 1 saturated carbocycles. The molecule has 0 bridgehead atoms. The molecular formula is C29H31N5. The molecule has 2 aliphatic carbocycles. The largest absolute Gasteiger partial charge is 0.344 e. The van der Waals surface area contributed by atoms with Crippen molar-refractivity contribution >= 4 is 0 Å². The molecule has 3 heterocycles. The Labute approximate surface area is 200 Å². The summed E-state index contributed by atoms with van der Waals surface area (Å²) >= 11 is 0.